The lowest BCUT2D eigenvalue weighted by Crippen LogP contribution is -2.54. The number of alkyl halides is 2. The Morgan fingerprint density at radius 1 is 1.06 bits per heavy atom. The zero-order valence-corrected chi connectivity index (χ0v) is 21.2. The van der Waals surface area contributed by atoms with Crippen molar-refractivity contribution in [2.75, 3.05) is 52.9 Å². The minimum atomic E-state index is -2.66. The molecule has 1 aliphatic carbocycles. The molecule has 6 nitrogen and oxygen atoms in total. The van der Waals surface area contributed by atoms with Gasteiger partial charge in [0.25, 0.3) is 0 Å². The van der Waals surface area contributed by atoms with Crippen molar-refractivity contribution in [2.45, 2.75) is 50.9 Å². The monoisotopic (exact) mass is 511 g/mol. The zero-order chi connectivity index (χ0) is 25.1. The van der Waals surface area contributed by atoms with Crippen LogP contribution in [0, 0.1) is 11.3 Å². The SMILES string of the molecule is CN1CCN(C(=O)CC2(COc3cccc(Cl)c3)CCCN(C(=O)C3CCC(F)(F)CC3)C2)CC1. The van der Waals surface area contributed by atoms with Gasteiger partial charge in [-0.1, -0.05) is 17.7 Å². The number of carbonyl (C=O) groups is 2. The summed E-state index contributed by atoms with van der Waals surface area (Å²) in [7, 11) is 2.05. The van der Waals surface area contributed by atoms with Crippen LogP contribution in [0.4, 0.5) is 8.78 Å². The molecule has 4 rings (SSSR count). The Morgan fingerprint density at radius 3 is 2.46 bits per heavy atom. The fraction of sp³-hybridized carbons (Fsp3) is 0.692. The van der Waals surface area contributed by atoms with Crippen LogP contribution in [0.3, 0.4) is 0 Å². The van der Waals surface area contributed by atoms with Crippen molar-refractivity contribution >= 4 is 23.4 Å². The van der Waals surface area contributed by atoms with Crippen molar-refractivity contribution in [3.8, 4) is 5.75 Å². The lowest BCUT2D eigenvalue weighted by Gasteiger charge is -2.45. The molecule has 3 aliphatic rings. The highest BCUT2D eigenvalue weighted by atomic mass is 35.5. The van der Waals surface area contributed by atoms with E-state index in [1.54, 1.807) is 17.0 Å². The number of hydrogen-bond donors (Lipinski definition) is 0. The van der Waals surface area contributed by atoms with Crippen molar-refractivity contribution in [3.63, 3.8) is 0 Å². The molecule has 35 heavy (non-hydrogen) atoms. The van der Waals surface area contributed by atoms with Crippen molar-refractivity contribution in [1.82, 2.24) is 14.7 Å². The van der Waals surface area contributed by atoms with Gasteiger partial charge in [-0.05, 0) is 50.9 Å². The first-order valence-electron chi connectivity index (χ1n) is 12.7. The predicted molar refractivity (Wildman–Crippen MR) is 131 cm³/mol. The number of amides is 2. The van der Waals surface area contributed by atoms with Gasteiger partial charge < -0.3 is 19.4 Å². The minimum absolute atomic E-state index is 0.0561. The number of benzene rings is 1. The Morgan fingerprint density at radius 2 is 1.77 bits per heavy atom. The fourth-order valence-electron chi connectivity index (χ4n) is 5.54. The third-order valence-corrected chi connectivity index (χ3v) is 8.00. The summed E-state index contributed by atoms with van der Waals surface area (Å²) in [4.78, 5) is 32.6. The van der Waals surface area contributed by atoms with E-state index in [0.29, 0.717) is 50.0 Å². The van der Waals surface area contributed by atoms with E-state index in [1.165, 1.54) is 0 Å². The van der Waals surface area contributed by atoms with Gasteiger partial charge >= 0.3 is 0 Å². The van der Waals surface area contributed by atoms with Crippen LogP contribution < -0.4 is 4.74 Å². The predicted octanol–water partition coefficient (Wildman–Crippen LogP) is 4.32. The third kappa shape index (κ3) is 6.85. The molecule has 1 atom stereocenters. The second-order valence-corrected chi connectivity index (χ2v) is 11.0. The maximum absolute atomic E-state index is 13.6. The summed E-state index contributed by atoms with van der Waals surface area (Å²) < 4.78 is 33.4. The Bertz CT molecular complexity index is 900. The van der Waals surface area contributed by atoms with Crippen molar-refractivity contribution in [3.05, 3.63) is 29.3 Å². The van der Waals surface area contributed by atoms with Gasteiger partial charge in [-0.25, -0.2) is 8.78 Å². The minimum Gasteiger partial charge on any atom is -0.493 e. The Balaban J connectivity index is 1.47. The van der Waals surface area contributed by atoms with E-state index >= 15 is 0 Å². The summed E-state index contributed by atoms with van der Waals surface area (Å²) in [6.45, 7) is 4.35. The molecule has 1 aromatic rings. The highest BCUT2D eigenvalue weighted by Crippen LogP contribution is 2.40. The smallest absolute Gasteiger partial charge is 0.248 e. The standard InChI is InChI=1S/C26H36ClF2N3O3/c1-30-12-14-31(15-13-30)23(33)17-25(19-35-22-5-2-4-21(27)16-22)8-3-11-32(18-25)24(34)20-6-9-26(28,29)10-7-20/h2,4-5,16,20H,3,6-15,17-19H2,1H3. The van der Waals surface area contributed by atoms with Gasteiger partial charge in [0.2, 0.25) is 17.7 Å². The number of nitrogens with zero attached hydrogens (tertiary/aromatic N) is 3. The van der Waals surface area contributed by atoms with Gasteiger partial charge in [0.15, 0.2) is 0 Å². The Labute approximate surface area is 211 Å². The molecule has 2 amide bonds. The Hall–Kier alpha value is -1.93. The van der Waals surface area contributed by atoms with E-state index in [9.17, 15) is 18.4 Å². The molecule has 0 N–H and O–H groups in total. The molecule has 0 bridgehead atoms. The van der Waals surface area contributed by atoms with Gasteiger partial charge in [-0.3, -0.25) is 9.59 Å². The number of rotatable bonds is 6. The lowest BCUT2D eigenvalue weighted by molar-refractivity contribution is -0.147. The van der Waals surface area contributed by atoms with E-state index < -0.39 is 11.3 Å². The molecule has 194 valence electrons. The molecule has 0 aromatic heterocycles. The molecule has 9 heteroatoms. The van der Waals surface area contributed by atoms with Crippen molar-refractivity contribution in [2.24, 2.45) is 11.3 Å². The van der Waals surface area contributed by atoms with Crippen LogP contribution in [0.25, 0.3) is 0 Å². The van der Waals surface area contributed by atoms with Crippen molar-refractivity contribution < 1.29 is 23.1 Å². The summed E-state index contributed by atoms with van der Waals surface area (Å²) >= 11 is 6.12. The maximum Gasteiger partial charge on any atom is 0.248 e. The van der Waals surface area contributed by atoms with Crippen LogP contribution in [0.1, 0.15) is 44.9 Å². The first-order chi connectivity index (χ1) is 16.6. The molecule has 1 unspecified atom stereocenters. The number of halogens is 3. The summed E-state index contributed by atoms with van der Waals surface area (Å²) in [5, 5.41) is 0.569. The normalized spacial score (nSPS) is 25.9. The van der Waals surface area contributed by atoms with Gasteiger partial charge in [-0.2, -0.15) is 0 Å². The number of carbonyl (C=O) groups excluding carboxylic acids is 2. The maximum atomic E-state index is 13.6. The number of piperidine rings is 1. The largest absolute Gasteiger partial charge is 0.493 e. The fourth-order valence-corrected chi connectivity index (χ4v) is 5.72. The average Bonchev–Trinajstić information content (AvgIpc) is 2.83. The number of hydrogen-bond acceptors (Lipinski definition) is 4. The summed E-state index contributed by atoms with van der Waals surface area (Å²) in [5.74, 6) is -2.38. The van der Waals surface area contributed by atoms with Crippen LogP contribution in [0.2, 0.25) is 5.02 Å². The molecule has 2 saturated heterocycles. The van der Waals surface area contributed by atoms with Crippen molar-refractivity contribution in [1.29, 1.82) is 0 Å². The van der Waals surface area contributed by atoms with E-state index in [4.69, 9.17) is 16.3 Å². The summed E-state index contributed by atoms with van der Waals surface area (Å²) in [5.41, 5.74) is -0.532. The molecule has 0 radical (unpaired) electrons. The first kappa shape index (κ1) is 26.1. The molecule has 0 spiro atoms. The number of likely N-dealkylation sites (N-methyl/N-ethyl adjacent to an activating group) is 1. The van der Waals surface area contributed by atoms with Gasteiger partial charge in [0, 0.05) is 74.9 Å². The quantitative estimate of drug-likeness (QED) is 0.571. The third-order valence-electron chi connectivity index (χ3n) is 7.76. The van der Waals surface area contributed by atoms with E-state index in [1.807, 2.05) is 24.1 Å². The zero-order valence-electron chi connectivity index (χ0n) is 20.5. The van der Waals surface area contributed by atoms with E-state index in [0.717, 1.165) is 25.9 Å². The highest BCUT2D eigenvalue weighted by Gasteiger charge is 2.44. The van der Waals surface area contributed by atoms with Crippen LogP contribution in [0.5, 0.6) is 5.75 Å². The summed E-state index contributed by atoms with van der Waals surface area (Å²) in [6, 6.07) is 7.16. The molecular weight excluding hydrogens is 476 g/mol. The highest BCUT2D eigenvalue weighted by molar-refractivity contribution is 6.30. The van der Waals surface area contributed by atoms with E-state index in [-0.39, 0.29) is 43.4 Å². The van der Waals surface area contributed by atoms with Crippen LogP contribution in [0.15, 0.2) is 24.3 Å². The number of piperazine rings is 1. The summed E-state index contributed by atoms with van der Waals surface area (Å²) in [6.07, 6.45) is 1.78. The van der Waals surface area contributed by atoms with Gasteiger partial charge in [0.1, 0.15) is 5.75 Å². The molecule has 2 heterocycles. The van der Waals surface area contributed by atoms with Gasteiger partial charge in [0.05, 0.1) is 6.61 Å². The topological polar surface area (TPSA) is 53.1 Å². The second-order valence-electron chi connectivity index (χ2n) is 10.6. The molecular formula is C26H36ClF2N3O3. The molecule has 1 aromatic carbocycles. The second kappa shape index (κ2) is 11.0. The van der Waals surface area contributed by atoms with Crippen LogP contribution >= 0.6 is 11.6 Å². The molecule has 1 saturated carbocycles. The number of likely N-dealkylation sites (tertiary alicyclic amines) is 1. The number of ether oxygens (including phenoxy) is 1. The molecule has 3 fully saturated rings. The van der Waals surface area contributed by atoms with Crippen LogP contribution in [-0.4, -0.2) is 85.4 Å². The lowest BCUT2D eigenvalue weighted by atomic mass is 9.76. The average molecular weight is 512 g/mol. The van der Waals surface area contributed by atoms with E-state index in [2.05, 4.69) is 4.90 Å². The van der Waals surface area contributed by atoms with Gasteiger partial charge in [-0.15, -0.1) is 0 Å². The van der Waals surface area contributed by atoms with Crippen LogP contribution in [-0.2, 0) is 9.59 Å². The molecule has 2 aliphatic heterocycles. The Kier molecular flexibility index (Phi) is 8.21. The first-order valence-corrected chi connectivity index (χ1v) is 13.0.